The Balaban J connectivity index is 1.85. The Morgan fingerprint density at radius 2 is 2.00 bits per heavy atom. The van der Waals surface area contributed by atoms with Crippen molar-refractivity contribution in [1.29, 1.82) is 0 Å². The standard InChI is InChI=1S/C17H16Cl2FN3O3S/c1-23-16(17(24)21-12-5-6-14(20)13(19)8-12)9-15(22-27(23,25)26)10-3-2-4-11(18)7-10/h2-8,15-16,22H,9H2,1H3,(H,21,24)/t15-,16+/m0/s1. The number of amides is 1. The van der Waals surface area contributed by atoms with Crippen LogP contribution >= 0.6 is 23.2 Å². The number of anilines is 1. The maximum absolute atomic E-state index is 13.3. The summed E-state index contributed by atoms with van der Waals surface area (Å²) in [6, 6.07) is 8.92. The van der Waals surface area contributed by atoms with Crippen LogP contribution < -0.4 is 10.0 Å². The summed E-state index contributed by atoms with van der Waals surface area (Å²) in [5.74, 6) is -1.16. The zero-order valence-corrected chi connectivity index (χ0v) is 16.4. The van der Waals surface area contributed by atoms with Crippen LogP contribution in [0, 0.1) is 5.82 Å². The molecule has 3 rings (SSSR count). The van der Waals surface area contributed by atoms with Crippen molar-refractivity contribution in [3.8, 4) is 0 Å². The Kier molecular flexibility index (Phi) is 5.73. The van der Waals surface area contributed by atoms with Crippen molar-refractivity contribution < 1.29 is 17.6 Å². The molecule has 144 valence electrons. The molecular formula is C17H16Cl2FN3O3S. The lowest BCUT2D eigenvalue weighted by Crippen LogP contribution is -2.55. The van der Waals surface area contributed by atoms with E-state index in [-0.39, 0.29) is 17.1 Å². The molecule has 0 saturated carbocycles. The first-order valence-electron chi connectivity index (χ1n) is 7.94. The minimum atomic E-state index is -3.88. The van der Waals surface area contributed by atoms with Gasteiger partial charge in [0.05, 0.1) is 5.02 Å². The van der Waals surface area contributed by atoms with Gasteiger partial charge in [0, 0.05) is 23.8 Å². The third-order valence-electron chi connectivity index (χ3n) is 4.31. The molecule has 1 aliphatic heterocycles. The van der Waals surface area contributed by atoms with E-state index in [0.29, 0.717) is 10.6 Å². The summed E-state index contributed by atoms with van der Waals surface area (Å²) in [5, 5.41) is 2.90. The molecule has 0 spiro atoms. The Morgan fingerprint density at radius 3 is 2.67 bits per heavy atom. The van der Waals surface area contributed by atoms with Gasteiger partial charge in [-0.25, -0.2) is 4.39 Å². The van der Waals surface area contributed by atoms with E-state index < -0.39 is 34.0 Å². The highest BCUT2D eigenvalue weighted by atomic mass is 35.5. The lowest BCUT2D eigenvalue weighted by molar-refractivity contribution is -0.120. The van der Waals surface area contributed by atoms with Crippen molar-refractivity contribution in [2.45, 2.75) is 18.5 Å². The minimum absolute atomic E-state index is 0.143. The molecule has 1 fully saturated rings. The molecule has 2 atom stereocenters. The molecule has 6 nitrogen and oxygen atoms in total. The lowest BCUT2D eigenvalue weighted by atomic mass is 9.99. The fourth-order valence-corrected chi connectivity index (χ4v) is 4.50. The van der Waals surface area contributed by atoms with Crippen LogP contribution in [0.3, 0.4) is 0 Å². The molecule has 1 heterocycles. The molecular weight excluding hydrogens is 416 g/mol. The molecule has 2 aromatic rings. The van der Waals surface area contributed by atoms with E-state index in [2.05, 4.69) is 10.0 Å². The van der Waals surface area contributed by atoms with Crippen LogP contribution in [-0.4, -0.2) is 31.7 Å². The molecule has 2 N–H and O–H groups in total. The lowest BCUT2D eigenvalue weighted by Gasteiger charge is -2.36. The van der Waals surface area contributed by atoms with Gasteiger partial charge in [0.25, 0.3) is 10.2 Å². The smallest absolute Gasteiger partial charge is 0.280 e. The van der Waals surface area contributed by atoms with Crippen LogP contribution in [0.4, 0.5) is 10.1 Å². The fraction of sp³-hybridized carbons (Fsp3) is 0.235. The van der Waals surface area contributed by atoms with Gasteiger partial charge < -0.3 is 5.32 Å². The first-order chi connectivity index (χ1) is 12.7. The fourth-order valence-electron chi connectivity index (χ4n) is 2.85. The average Bonchev–Trinajstić information content (AvgIpc) is 2.60. The van der Waals surface area contributed by atoms with Crippen LogP contribution in [-0.2, 0) is 15.0 Å². The van der Waals surface area contributed by atoms with Crippen LogP contribution in [0.2, 0.25) is 10.0 Å². The topological polar surface area (TPSA) is 78.5 Å². The summed E-state index contributed by atoms with van der Waals surface area (Å²) in [6.45, 7) is 0. The summed E-state index contributed by atoms with van der Waals surface area (Å²) < 4.78 is 41.7. The second-order valence-corrected chi connectivity index (χ2v) is 8.72. The number of nitrogens with one attached hydrogen (secondary N) is 2. The third kappa shape index (κ3) is 4.41. The largest absolute Gasteiger partial charge is 0.325 e. The maximum atomic E-state index is 13.3. The quantitative estimate of drug-likeness (QED) is 0.781. The number of likely N-dealkylation sites (N-methyl/N-ethyl adjacent to an activating group) is 1. The van der Waals surface area contributed by atoms with Crippen LogP contribution in [0.5, 0.6) is 0 Å². The van der Waals surface area contributed by atoms with Crippen molar-refractivity contribution in [3.63, 3.8) is 0 Å². The van der Waals surface area contributed by atoms with Crippen molar-refractivity contribution in [3.05, 3.63) is 63.9 Å². The van der Waals surface area contributed by atoms with E-state index in [4.69, 9.17) is 23.2 Å². The number of carbonyl (C=O) groups excluding carboxylic acids is 1. The molecule has 1 amide bonds. The van der Waals surface area contributed by atoms with Gasteiger partial charge in [0.1, 0.15) is 11.9 Å². The Hall–Kier alpha value is -1.71. The van der Waals surface area contributed by atoms with Gasteiger partial charge in [-0.3, -0.25) is 4.79 Å². The molecule has 0 unspecified atom stereocenters. The number of halogens is 3. The SMILES string of the molecule is CN1[C@@H](C(=O)Nc2ccc(F)c(Cl)c2)C[C@@H](c2cccc(Cl)c2)NS1(=O)=O. The number of rotatable bonds is 3. The summed E-state index contributed by atoms with van der Waals surface area (Å²) in [4.78, 5) is 12.7. The van der Waals surface area contributed by atoms with E-state index in [9.17, 15) is 17.6 Å². The normalized spacial score (nSPS) is 22.4. The number of hydrogen-bond acceptors (Lipinski definition) is 3. The van der Waals surface area contributed by atoms with Gasteiger partial charge in [-0.15, -0.1) is 0 Å². The van der Waals surface area contributed by atoms with Crippen molar-refractivity contribution in [2.24, 2.45) is 0 Å². The van der Waals surface area contributed by atoms with Crippen molar-refractivity contribution in [1.82, 2.24) is 9.03 Å². The predicted octanol–water partition coefficient (Wildman–Crippen LogP) is 3.35. The molecule has 0 radical (unpaired) electrons. The second-order valence-electron chi connectivity index (χ2n) is 6.12. The van der Waals surface area contributed by atoms with Crippen LogP contribution in [0.15, 0.2) is 42.5 Å². The molecule has 10 heteroatoms. The van der Waals surface area contributed by atoms with Crippen LogP contribution in [0.25, 0.3) is 0 Å². The first kappa shape index (κ1) is 20.0. The average molecular weight is 432 g/mol. The number of hydrogen-bond donors (Lipinski definition) is 2. The van der Waals surface area contributed by atoms with Crippen molar-refractivity contribution in [2.75, 3.05) is 12.4 Å². The highest BCUT2D eigenvalue weighted by molar-refractivity contribution is 7.87. The van der Waals surface area contributed by atoms with Crippen molar-refractivity contribution >= 4 is 45.0 Å². The highest BCUT2D eigenvalue weighted by Gasteiger charge is 2.40. The summed E-state index contributed by atoms with van der Waals surface area (Å²) in [6.07, 6.45) is 0.191. The van der Waals surface area contributed by atoms with Gasteiger partial charge in [-0.2, -0.15) is 17.4 Å². The maximum Gasteiger partial charge on any atom is 0.280 e. The first-order valence-corrected chi connectivity index (χ1v) is 10.1. The molecule has 2 aromatic carbocycles. The number of benzene rings is 2. The van der Waals surface area contributed by atoms with E-state index in [1.165, 1.54) is 19.2 Å². The molecule has 1 aliphatic rings. The molecule has 0 bridgehead atoms. The Bertz CT molecular complexity index is 987. The molecule has 1 saturated heterocycles. The highest BCUT2D eigenvalue weighted by Crippen LogP contribution is 2.30. The van der Waals surface area contributed by atoms with Gasteiger partial charge in [-0.05, 0) is 42.3 Å². The predicted molar refractivity (Wildman–Crippen MR) is 102 cm³/mol. The summed E-state index contributed by atoms with van der Waals surface area (Å²) >= 11 is 11.7. The van der Waals surface area contributed by atoms with Gasteiger partial charge in [0.15, 0.2) is 0 Å². The van der Waals surface area contributed by atoms with E-state index in [1.54, 1.807) is 24.3 Å². The van der Waals surface area contributed by atoms with E-state index >= 15 is 0 Å². The zero-order chi connectivity index (χ0) is 19.8. The van der Waals surface area contributed by atoms with Crippen LogP contribution in [0.1, 0.15) is 18.0 Å². The van der Waals surface area contributed by atoms with Gasteiger partial charge in [0.2, 0.25) is 5.91 Å². The molecule has 0 aliphatic carbocycles. The Labute approximate surface area is 166 Å². The monoisotopic (exact) mass is 431 g/mol. The number of nitrogens with zero attached hydrogens (tertiary/aromatic N) is 1. The molecule has 27 heavy (non-hydrogen) atoms. The minimum Gasteiger partial charge on any atom is -0.325 e. The van der Waals surface area contributed by atoms with E-state index in [0.717, 1.165) is 10.4 Å². The summed E-state index contributed by atoms with van der Waals surface area (Å²) in [5.41, 5.74) is 0.928. The second kappa shape index (κ2) is 7.73. The third-order valence-corrected chi connectivity index (χ3v) is 6.43. The van der Waals surface area contributed by atoms with Gasteiger partial charge >= 0.3 is 0 Å². The summed E-state index contributed by atoms with van der Waals surface area (Å²) in [7, 11) is -2.56. The number of carbonyl (C=O) groups is 1. The van der Waals surface area contributed by atoms with Gasteiger partial charge in [-0.1, -0.05) is 35.3 Å². The molecule has 0 aromatic heterocycles. The Morgan fingerprint density at radius 1 is 1.26 bits per heavy atom. The van der Waals surface area contributed by atoms with E-state index in [1.807, 2.05) is 0 Å². The zero-order valence-electron chi connectivity index (χ0n) is 14.1.